The summed E-state index contributed by atoms with van der Waals surface area (Å²) in [6.45, 7) is 18.3. The predicted octanol–water partition coefficient (Wildman–Crippen LogP) is 5.81. The van der Waals surface area contributed by atoms with Gasteiger partial charge in [-0.1, -0.05) is 75.4 Å². The zero-order valence-electron chi connectivity index (χ0n) is 45.9. The zero-order chi connectivity index (χ0) is 56.8. The van der Waals surface area contributed by atoms with Crippen molar-refractivity contribution in [3.63, 3.8) is 0 Å². The van der Waals surface area contributed by atoms with Gasteiger partial charge in [0.2, 0.25) is 41.5 Å². The highest BCUT2D eigenvalue weighted by Crippen LogP contribution is 2.40. The van der Waals surface area contributed by atoms with Gasteiger partial charge in [0.25, 0.3) is 5.91 Å². The molecule has 3 aromatic carbocycles. The number of nitrogens with two attached hydrogens (primary N) is 1. The lowest BCUT2D eigenvalue weighted by molar-refractivity contribution is -0.470. The number of primary amides is 1. The largest absolute Gasteiger partial charge is 0.597 e. The van der Waals surface area contributed by atoms with Crippen LogP contribution in [-0.4, -0.2) is 122 Å². The Bertz CT molecular complexity index is 2940. The summed E-state index contributed by atoms with van der Waals surface area (Å²) in [5.41, 5.74) is 12.0. The highest BCUT2D eigenvalue weighted by Gasteiger charge is 2.49. The number of β-amino-alcohol motifs (C(OH)–C–C–N with tert-alkyl or cyclic N) is 1. The lowest BCUT2D eigenvalue weighted by Gasteiger charge is -2.35. The van der Waals surface area contributed by atoms with Gasteiger partial charge in [-0.25, -0.2) is 4.98 Å². The number of anilines is 2. The van der Waals surface area contributed by atoms with Gasteiger partial charge in [0.15, 0.2) is 0 Å². The minimum atomic E-state index is -1.22. The number of aryl methyl sites for hydroxylation is 3. The van der Waals surface area contributed by atoms with E-state index in [4.69, 9.17) is 10.5 Å². The number of nitrogens with one attached hydrogen (secondary N) is 4. The van der Waals surface area contributed by atoms with E-state index in [2.05, 4.69) is 33.0 Å². The van der Waals surface area contributed by atoms with E-state index in [-0.39, 0.29) is 57.0 Å². The lowest BCUT2D eigenvalue weighted by Crippen LogP contribution is -2.57. The van der Waals surface area contributed by atoms with Crippen LogP contribution < -0.4 is 31.9 Å². The fourth-order valence-corrected chi connectivity index (χ4v) is 11.1. The van der Waals surface area contributed by atoms with Crippen molar-refractivity contribution in [1.29, 1.82) is 0 Å². The quantitative estimate of drug-likeness (QED) is 0.0371. The summed E-state index contributed by atoms with van der Waals surface area (Å²) in [4.78, 5) is 117. The summed E-state index contributed by atoms with van der Waals surface area (Å²) in [7, 11) is 0. The average Bonchev–Trinajstić information content (AvgIpc) is 4.21. The van der Waals surface area contributed by atoms with Gasteiger partial charge in [0.05, 0.1) is 33.9 Å². The van der Waals surface area contributed by atoms with E-state index < -0.39 is 88.9 Å². The number of likely N-dealkylation sites (tertiary alicyclic amines) is 1. The second-order valence-corrected chi connectivity index (χ2v) is 23.6. The Morgan fingerprint density at radius 2 is 1.60 bits per heavy atom. The number of nitrogens with zero attached hydrogens (tertiary/aromatic N) is 4. The molecule has 78 heavy (non-hydrogen) atoms. The Hall–Kier alpha value is -7.32. The number of amides is 8. The third-order valence-corrected chi connectivity index (χ3v) is 15.3. The number of carbonyl (C=O) groups excluding carboxylic acids is 8. The molecule has 1 saturated heterocycles. The van der Waals surface area contributed by atoms with Crippen LogP contribution in [0.4, 0.5) is 16.2 Å². The zero-order valence-corrected chi connectivity index (χ0v) is 46.7. The van der Waals surface area contributed by atoms with Crippen LogP contribution in [0, 0.1) is 12.3 Å². The van der Waals surface area contributed by atoms with E-state index in [1.165, 1.54) is 9.80 Å². The number of para-hydroxylation sites is 1. The van der Waals surface area contributed by atoms with Crippen molar-refractivity contribution in [2.75, 3.05) is 16.8 Å². The Morgan fingerprint density at radius 1 is 0.910 bits per heavy atom. The molecule has 7 rings (SSSR count). The van der Waals surface area contributed by atoms with E-state index in [0.29, 0.717) is 37.1 Å². The molecule has 8 amide bonds. The van der Waals surface area contributed by atoms with Crippen molar-refractivity contribution in [3.05, 3.63) is 100 Å². The summed E-state index contributed by atoms with van der Waals surface area (Å²) in [5, 5.41) is 22.3. The number of benzene rings is 3. The Balaban J connectivity index is 0.929. The second-order valence-electron chi connectivity index (χ2n) is 22.7. The first kappa shape index (κ1) is 58.4. The summed E-state index contributed by atoms with van der Waals surface area (Å²) >= 11 is 1.56. The Labute approximate surface area is 459 Å². The summed E-state index contributed by atoms with van der Waals surface area (Å²) in [6, 6.07) is 14.9. The van der Waals surface area contributed by atoms with Crippen LogP contribution >= 0.6 is 11.3 Å². The van der Waals surface area contributed by atoms with Crippen LogP contribution in [0.15, 0.2) is 72.2 Å². The number of aliphatic hydroxyl groups excluding tert-OH is 1. The molecule has 7 N–H and O–H groups in total. The molecule has 3 aliphatic heterocycles. The van der Waals surface area contributed by atoms with Crippen molar-refractivity contribution in [1.82, 2.24) is 25.8 Å². The number of hydrogen-bond donors (Lipinski definition) is 6. The van der Waals surface area contributed by atoms with Crippen LogP contribution in [0.2, 0.25) is 0 Å². The molecule has 1 fully saturated rings. The standard InChI is InChI=1S/C58H73N9O10S/c1-33(36-20-22-38(23-21-36)49-34(2)60-32-78-49)61-52(72)44-30-41(68)31-66(44)55(75)50(57(3,4)5)64-47(70)19-11-10-14-35-15-12-18-40(28-35)62-51(71)42(25-27-46(59)69)63-53(73)45-29-39-17-13-16-37-24-26-43(54(74)67(45)48(37)39)65(9)56(76)77-58(6,7)8/h12-13,15-18,20-23,28,32-33,41-45,50,68H,9-11,14,19,24-27,29-31H2,1-8H3,(H5-,59,61,62,63,64,69,70,71,72,73)/p+1/t33-,41+,42-,43-,44-,45-,50+/m0/s1. The van der Waals surface area contributed by atoms with Gasteiger partial charge in [-0.2, -0.15) is 4.79 Å². The van der Waals surface area contributed by atoms with Crippen molar-refractivity contribution in [3.8, 4) is 10.4 Å². The van der Waals surface area contributed by atoms with Crippen LogP contribution in [0.5, 0.6) is 0 Å². The third-order valence-electron chi connectivity index (χ3n) is 14.4. The van der Waals surface area contributed by atoms with Gasteiger partial charge in [0, 0.05) is 44.3 Å². The molecular formula is C58H74N9O10S+. The Kier molecular flexibility index (Phi) is 18.4. The van der Waals surface area contributed by atoms with Gasteiger partial charge < -0.3 is 41.7 Å². The number of aliphatic hydroxyl groups is 1. The predicted molar refractivity (Wildman–Crippen MR) is 296 cm³/mol. The first-order chi connectivity index (χ1) is 36.8. The molecule has 0 spiro atoms. The second kappa shape index (κ2) is 24.6. The smallest absolute Gasteiger partial charge is 0.406 e. The lowest BCUT2D eigenvalue weighted by atomic mass is 9.85. The molecule has 19 nitrogen and oxygen atoms in total. The molecule has 4 aromatic rings. The summed E-state index contributed by atoms with van der Waals surface area (Å²) in [6.07, 6.45) is 0.529. The molecule has 1 aromatic heterocycles. The van der Waals surface area contributed by atoms with Gasteiger partial charge in [0.1, 0.15) is 36.5 Å². The molecule has 7 atom stereocenters. The van der Waals surface area contributed by atoms with Crippen molar-refractivity contribution >= 4 is 76.9 Å². The number of rotatable bonds is 19. The molecule has 20 heteroatoms. The van der Waals surface area contributed by atoms with Crippen molar-refractivity contribution < 1.29 is 52.8 Å². The van der Waals surface area contributed by atoms with E-state index in [0.717, 1.165) is 43.0 Å². The van der Waals surface area contributed by atoms with Crippen LogP contribution in [0.1, 0.15) is 127 Å². The number of ether oxygens (including phenoxy) is 1. The van der Waals surface area contributed by atoms with Crippen molar-refractivity contribution in [2.24, 2.45) is 11.1 Å². The monoisotopic (exact) mass is 1090 g/mol. The maximum Gasteiger partial charge on any atom is 0.597 e. The van der Waals surface area contributed by atoms with E-state index in [9.17, 15) is 43.5 Å². The first-order valence-electron chi connectivity index (χ1n) is 26.6. The molecule has 416 valence electrons. The summed E-state index contributed by atoms with van der Waals surface area (Å²) < 4.78 is 6.53. The summed E-state index contributed by atoms with van der Waals surface area (Å²) in [5.74, 6) is -3.62. The van der Waals surface area contributed by atoms with E-state index in [1.54, 1.807) is 55.8 Å². The number of unbranched alkanes of at least 4 members (excludes halogenated alkanes) is 1. The van der Waals surface area contributed by atoms with Gasteiger partial charge in [-0.15, -0.1) is 15.9 Å². The van der Waals surface area contributed by atoms with Crippen LogP contribution in [0.3, 0.4) is 0 Å². The molecule has 4 heterocycles. The van der Waals surface area contributed by atoms with E-state index in [1.807, 2.05) is 83.1 Å². The van der Waals surface area contributed by atoms with Crippen LogP contribution in [0.25, 0.3) is 10.4 Å². The number of thiazole rings is 1. The SMILES string of the molecule is C=[N+](C(=O)OC(C)(C)C)[C@H]1CCc2cccc3c2N(C1=O)[C@H](C(=O)N[C@@H](CCC(N)=O)C(=O)Nc1cccc(CCCCC(=O)N[C@H](C(=O)N2C[C@H](O)C[C@H]2C(=O)N[C@@H](C)c2ccc(-c4scnc4C)cc2)C(C)(C)C)c1)C3. The minimum absolute atomic E-state index is 0.0488. The molecule has 0 saturated carbocycles. The molecular weight excluding hydrogens is 1010 g/mol. The Morgan fingerprint density at radius 3 is 2.27 bits per heavy atom. The maximum atomic E-state index is 14.4. The third kappa shape index (κ3) is 14.2. The highest BCUT2D eigenvalue weighted by molar-refractivity contribution is 7.13. The van der Waals surface area contributed by atoms with Crippen molar-refractivity contribution in [2.45, 2.75) is 168 Å². The first-order valence-corrected chi connectivity index (χ1v) is 27.5. The number of aromatic nitrogens is 1. The highest BCUT2D eigenvalue weighted by atomic mass is 32.1. The van der Waals surface area contributed by atoms with Gasteiger partial charge in [-0.05, 0) is 112 Å². The minimum Gasteiger partial charge on any atom is -0.406 e. The molecule has 0 unspecified atom stereocenters. The number of hydrogen-bond acceptors (Lipinski definition) is 12. The molecule has 3 aliphatic rings. The van der Waals surface area contributed by atoms with Gasteiger partial charge in [-0.3, -0.25) is 38.5 Å². The number of carbonyl (C=O) groups is 8. The fourth-order valence-electron chi connectivity index (χ4n) is 10.3. The maximum absolute atomic E-state index is 14.4. The molecule has 0 radical (unpaired) electrons. The average molecular weight is 1090 g/mol. The topological polar surface area (TPSA) is 263 Å². The normalized spacial score (nSPS) is 19.2. The van der Waals surface area contributed by atoms with Gasteiger partial charge >= 0.3 is 6.09 Å². The van der Waals surface area contributed by atoms with Crippen LogP contribution in [-0.2, 0) is 57.6 Å². The molecule has 0 aliphatic carbocycles. The fraction of sp³-hybridized carbons (Fsp3) is 0.483. The molecule has 0 bridgehead atoms. The van der Waals surface area contributed by atoms with E-state index >= 15 is 0 Å².